The van der Waals surface area contributed by atoms with Crippen molar-refractivity contribution in [1.29, 1.82) is 0 Å². The number of hydrogen-bond donors (Lipinski definition) is 4. The lowest BCUT2D eigenvalue weighted by molar-refractivity contribution is -0.144. The van der Waals surface area contributed by atoms with Crippen LogP contribution in [0, 0.1) is 0 Å². The lowest BCUT2D eigenvalue weighted by atomic mass is 9.93. The Kier molecular flexibility index (Phi) is 8.02. The van der Waals surface area contributed by atoms with Gasteiger partial charge in [0, 0.05) is 31.8 Å². The zero-order valence-electron chi connectivity index (χ0n) is 20.1. The molecule has 2 amide bonds. The van der Waals surface area contributed by atoms with Crippen molar-refractivity contribution in [3.05, 3.63) is 69.0 Å². The summed E-state index contributed by atoms with van der Waals surface area (Å²) in [5, 5.41) is 23.7. The van der Waals surface area contributed by atoms with Gasteiger partial charge in [0.05, 0.1) is 0 Å². The highest BCUT2D eigenvalue weighted by Gasteiger charge is 2.48. The van der Waals surface area contributed by atoms with Gasteiger partial charge in [-0.1, -0.05) is 49.6 Å². The highest BCUT2D eigenvalue weighted by atomic mass is 16.6. The largest absolute Gasteiger partial charge is 0.387 e. The highest BCUT2D eigenvalue weighted by molar-refractivity contribution is 5.90. The molecule has 0 spiro atoms. The van der Waals surface area contributed by atoms with E-state index in [0.717, 1.165) is 54.5 Å². The monoisotopic (exact) mass is 500 g/mol. The zero-order chi connectivity index (χ0) is 25.8. The maximum absolute atomic E-state index is 13.5. The number of nitrogens with zero attached hydrogens (tertiary/aromatic N) is 2. The molecule has 1 aliphatic heterocycles. The lowest BCUT2D eigenvalue weighted by Gasteiger charge is -2.34. The standard InChI is InChI=1S/C25H32N4O7/c1-28(16-10-6-3-7-11-16)23(34)17(14-15-8-4-2-5-9-15)26-22(33)21-19(31)20(32)24(36-21)29-13-12-18(30)27-25(29)35/h2,4-5,8-9,12-13,16-17,19-21,24,31-32H,3,6-7,10-11,14H2,1H3,(H,26,33)(H,27,30,35)/t17-,19+,20-,21+,24-/m1/s1. The van der Waals surface area contributed by atoms with E-state index in [-0.39, 0.29) is 18.4 Å². The Labute approximate surface area is 207 Å². The van der Waals surface area contributed by atoms with Gasteiger partial charge in [-0.25, -0.2) is 4.79 Å². The quantitative estimate of drug-likeness (QED) is 0.406. The summed E-state index contributed by atoms with van der Waals surface area (Å²) < 4.78 is 6.46. The van der Waals surface area contributed by atoms with Gasteiger partial charge in [-0.3, -0.25) is 23.9 Å². The highest BCUT2D eigenvalue weighted by Crippen LogP contribution is 2.29. The second-order valence-corrected chi connectivity index (χ2v) is 9.44. The average molecular weight is 501 g/mol. The predicted octanol–water partition coefficient (Wildman–Crippen LogP) is -0.326. The SMILES string of the molecule is CN(C(=O)[C@@H](Cc1ccccc1)NC(=O)[C@H]1O[C@@H](n2ccc(=O)[nH]c2=O)[C@H](O)[C@@H]1O)C1CCCCC1. The van der Waals surface area contributed by atoms with Crippen molar-refractivity contribution in [3.63, 3.8) is 0 Å². The van der Waals surface area contributed by atoms with Crippen molar-refractivity contribution >= 4 is 11.8 Å². The summed E-state index contributed by atoms with van der Waals surface area (Å²) >= 11 is 0. The molecule has 0 radical (unpaired) electrons. The summed E-state index contributed by atoms with van der Waals surface area (Å²) in [6, 6.07) is 9.49. The third-order valence-electron chi connectivity index (χ3n) is 6.99. The molecule has 0 unspecified atom stereocenters. The number of rotatable bonds is 7. The number of aromatic nitrogens is 2. The van der Waals surface area contributed by atoms with Crippen molar-refractivity contribution in [2.24, 2.45) is 0 Å². The van der Waals surface area contributed by atoms with Crippen molar-refractivity contribution in [2.45, 2.75) is 75.1 Å². The molecule has 2 heterocycles. The Morgan fingerprint density at radius 2 is 1.81 bits per heavy atom. The molecule has 11 heteroatoms. The van der Waals surface area contributed by atoms with Gasteiger partial charge in [0.25, 0.3) is 11.5 Å². The van der Waals surface area contributed by atoms with Crippen molar-refractivity contribution in [3.8, 4) is 0 Å². The fourth-order valence-electron chi connectivity index (χ4n) is 4.93. The molecule has 1 aromatic carbocycles. The van der Waals surface area contributed by atoms with Crippen LogP contribution in [0.1, 0.15) is 43.9 Å². The first kappa shape index (κ1) is 25.8. The minimum atomic E-state index is -1.66. The summed E-state index contributed by atoms with van der Waals surface area (Å²) in [6.07, 6.45) is 0.188. The molecule has 5 atom stereocenters. The van der Waals surface area contributed by atoms with E-state index in [1.807, 2.05) is 35.3 Å². The van der Waals surface area contributed by atoms with Crippen LogP contribution in [0.25, 0.3) is 0 Å². The third-order valence-corrected chi connectivity index (χ3v) is 6.99. The Bertz CT molecular complexity index is 1170. The number of amides is 2. The summed E-state index contributed by atoms with van der Waals surface area (Å²) in [4.78, 5) is 53.9. The summed E-state index contributed by atoms with van der Waals surface area (Å²) in [6.45, 7) is 0. The van der Waals surface area contributed by atoms with Crippen LogP contribution in [-0.2, 0) is 20.7 Å². The normalized spacial score (nSPS) is 25.3. The van der Waals surface area contributed by atoms with E-state index in [1.54, 1.807) is 11.9 Å². The molecule has 11 nitrogen and oxygen atoms in total. The van der Waals surface area contributed by atoms with Crippen LogP contribution in [0.2, 0.25) is 0 Å². The predicted molar refractivity (Wildman–Crippen MR) is 129 cm³/mol. The van der Waals surface area contributed by atoms with Crippen molar-refractivity contribution in [1.82, 2.24) is 19.8 Å². The molecule has 1 aliphatic carbocycles. The van der Waals surface area contributed by atoms with Crippen LogP contribution in [0.5, 0.6) is 0 Å². The van der Waals surface area contributed by atoms with Crippen LogP contribution < -0.4 is 16.6 Å². The van der Waals surface area contributed by atoms with Crippen molar-refractivity contribution in [2.75, 3.05) is 7.05 Å². The first-order valence-corrected chi connectivity index (χ1v) is 12.2. The molecule has 4 rings (SSSR count). The topological polar surface area (TPSA) is 154 Å². The van der Waals surface area contributed by atoms with E-state index in [0.29, 0.717) is 0 Å². The number of aromatic amines is 1. The molecule has 1 saturated heterocycles. The first-order chi connectivity index (χ1) is 17.3. The number of carbonyl (C=O) groups excluding carboxylic acids is 2. The van der Waals surface area contributed by atoms with E-state index >= 15 is 0 Å². The molecule has 2 aliphatic rings. The first-order valence-electron chi connectivity index (χ1n) is 12.2. The molecule has 36 heavy (non-hydrogen) atoms. The van der Waals surface area contributed by atoms with Crippen LogP contribution >= 0.6 is 0 Å². The smallest absolute Gasteiger partial charge is 0.330 e. The molecule has 2 aromatic rings. The van der Waals surface area contributed by atoms with Gasteiger partial charge in [-0.2, -0.15) is 0 Å². The lowest BCUT2D eigenvalue weighted by Crippen LogP contribution is -2.54. The Morgan fingerprint density at radius 1 is 1.11 bits per heavy atom. The summed E-state index contributed by atoms with van der Waals surface area (Å²) in [7, 11) is 1.74. The number of H-pyrrole nitrogens is 1. The molecular weight excluding hydrogens is 468 g/mol. The van der Waals surface area contributed by atoms with E-state index in [2.05, 4.69) is 5.32 Å². The number of aliphatic hydroxyl groups excluding tert-OH is 2. The number of likely N-dealkylation sites (N-methyl/N-ethyl adjacent to an activating group) is 1. The minimum Gasteiger partial charge on any atom is -0.387 e. The van der Waals surface area contributed by atoms with Gasteiger partial charge in [0.15, 0.2) is 12.3 Å². The summed E-state index contributed by atoms with van der Waals surface area (Å²) in [5.74, 6) is -1.03. The molecular formula is C25H32N4O7. The number of ether oxygens (including phenoxy) is 1. The summed E-state index contributed by atoms with van der Waals surface area (Å²) in [5.41, 5.74) is -0.646. The molecule has 4 N–H and O–H groups in total. The fraction of sp³-hybridized carbons (Fsp3) is 0.520. The maximum Gasteiger partial charge on any atom is 0.330 e. The Hall–Kier alpha value is -3.28. The number of hydrogen-bond acceptors (Lipinski definition) is 7. The van der Waals surface area contributed by atoms with E-state index < -0.39 is 47.7 Å². The Balaban J connectivity index is 1.52. The Morgan fingerprint density at radius 3 is 2.47 bits per heavy atom. The zero-order valence-corrected chi connectivity index (χ0v) is 20.1. The maximum atomic E-state index is 13.5. The number of aliphatic hydroxyl groups is 2. The number of nitrogens with one attached hydrogen (secondary N) is 2. The van der Waals surface area contributed by atoms with Crippen LogP contribution in [0.15, 0.2) is 52.2 Å². The number of benzene rings is 1. The van der Waals surface area contributed by atoms with Gasteiger partial charge in [0.1, 0.15) is 18.2 Å². The van der Waals surface area contributed by atoms with E-state index in [4.69, 9.17) is 4.74 Å². The third kappa shape index (κ3) is 5.58. The van der Waals surface area contributed by atoms with Crippen molar-refractivity contribution < 1.29 is 24.5 Å². The molecule has 2 fully saturated rings. The van der Waals surface area contributed by atoms with Gasteiger partial charge in [0.2, 0.25) is 5.91 Å². The van der Waals surface area contributed by atoms with Gasteiger partial charge < -0.3 is 25.2 Å². The second kappa shape index (κ2) is 11.2. The van der Waals surface area contributed by atoms with E-state index in [1.165, 1.54) is 0 Å². The average Bonchev–Trinajstić information content (AvgIpc) is 3.18. The van der Waals surface area contributed by atoms with Crippen LogP contribution in [-0.4, -0.2) is 73.9 Å². The van der Waals surface area contributed by atoms with E-state index in [9.17, 15) is 29.4 Å². The molecule has 0 bridgehead atoms. The van der Waals surface area contributed by atoms with Gasteiger partial charge >= 0.3 is 5.69 Å². The number of carbonyl (C=O) groups is 2. The second-order valence-electron chi connectivity index (χ2n) is 9.44. The van der Waals surface area contributed by atoms with Gasteiger partial charge in [-0.15, -0.1) is 0 Å². The molecule has 1 aromatic heterocycles. The van der Waals surface area contributed by atoms with Crippen LogP contribution in [0.4, 0.5) is 0 Å². The van der Waals surface area contributed by atoms with Crippen LogP contribution in [0.3, 0.4) is 0 Å². The van der Waals surface area contributed by atoms with Gasteiger partial charge in [-0.05, 0) is 18.4 Å². The molecule has 194 valence electrons. The fourth-order valence-corrected chi connectivity index (χ4v) is 4.93. The minimum absolute atomic E-state index is 0.0908. The molecule has 1 saturated carbocycles.